The molecule has 0 aromatic heterocycles. The first kappa shape index (κ1) is 11.4. The van der Waals surface area contributed by atoms with Gasteiger partial charge < -0.3 is 10.2 Å². The van der Waals surface area contributed by atoms with Crippen LogP contribution in [0.1, 0.15) is 39.0 Å². The summed E-state index contributed by atoms with van der Waals surface area (Å²) >= 11 is 0. The molecule has 0 atom stereocenters. The Morgan fingerprint density at radius 3 is 2.07 bits per heavy atom. The molecular formula is C12H23NO2. The van der Waals surface area contributed by atoms with Crippen molar-refractivity contribution < 1.29 is 10.2 Å². The summed E-state index contributed by atoms with van der Waals surface area (Å²) in [6.45, 7) is 4.38. The fourth-order valence-corrected chi connectivity index (χ4v) is 3.24. The molecule has 1 saturated carbocycles. The lowest BCUT2D eigenvalue weighted by Crippen LogP contribution is -2.67. The van der Waals surface area contributed by atoms with Crippen LogP contribution in [0.25, 0.3) is 0 Å². The quantitative estimate of drug-likeness (QED) is 0.732. The molecule has 15 heavy (non-hydrogen) atoms. The highest BCUT2D eigenvalue weighted by Gasteiger charge is 2.51. The zero-order chi connectivity index (χ0) is 10.9. The van der Waals surface area contributed by atoms with Crippen LogP contribution in [-0.4, -0.2) is 47.0 Å². The van der Waals surface area contributed by atoms with Gasteiger partial charge in [-0.1, -0.05) is 19.8 Å². The molecule has 0 aromatic carbocycles. The third kappa shape index (κ3) is 1.71. The number of aliphatic hydroxyl groups excluding tert-OH is 2. The second-order valence-corrected chi connectivity index (χ2v) is 5.46. The van der Waals surface area contributed by atoms with Gasteiger partial charge in [-0.25, -0.2) is 0 Å². The standard InChI is InChI=1S/C12H23NO2/c1-2-12(9-14,10-15)13-7-11(8-13)5-3-4-6-11/h14-15H,2-10H2,1H3. The molecule has 1 spiro atoms. The van der Waals surface area contributed by atoms with E-state index in [0.29, 0.717) is 5.41 Å². The molecule has 2 fully saturated rings. The molecule has 0 aromatic rings. The Morgan fingerprint density at radius 2 is 1.67 bits per heavy atom. The topological polar surface area (TPSA) is 43.7 Å². The summed E-state index contributed by atoms with van der Waals surface area (Å²) < 4.78 is 0. The van der Waals surface area contributed by atoms with Crippen molar-refractivity contribution >= 4 is 0 Å². The molecule has 2 aliphatic rings. The molecule has 1 heterocycles. The van der Waals surface area contributed by atoms with Crippen molar-refractivity contribution in [2.75, 3.05) is 26.3 Å². The second-order valence-electron chi connectivity index (χ2n) is 5.46. The van der Waals surface area contributed by atoms with Crippen LogP contribution in [0, 0.1) is 5.41 Å². The van der Waals surface area contributed by atoms with Crippen LogP contribution < -0.4 is 0 Å². The van der Waals surface area contributed by atoms with E-state index in [-0.39, 0.29) is 18.8 Å². The lowest BCUT2D eigenvalue weighted by atomic mass is 9.74. The lowest BCUT2D eigenvalue weighted by Gasteiger charge is -2.56. The van der Waals surface area contributed by atoms with E-state index in [1.54, 1.807) is 0 Å². The molecule has 88 valence electrons. The summed E-state index contributed by atoms with van der Waals surface area (Å²) in [5.74, 6) is 0. The van der Waals surface area contributed by atoms with Gasteiger partial charge >= 0.3 is 0 Å². The summed E-state index contributed by atoms with van der Waals surface area (Å²) in [5, 5.41) is 18.9. The zero-order valence-electron chi connectivity index (χ0n) is 9.71. The van der Waals surface area contributed by atoms with E-state index in [2.05, 4.69) is 4.90 Å². The van der Waals surface area contributed by atoms with Gasteiger partial charge in [0.05, 0.1) is 18.8 Å². The maximum absolute atomic E-state index is 9.44. The monoisotopic (exact) mass is 213 g/mol. The Labute approximate surface area is 92.1 Å². The fourth-order valence-electron chi connectivity index (χ4n) is 3.24. The Hall–Kier alpha value is -0.120. The molecule has 3 nitrogen and oxygen atoms in total. The number of rotatable bonds is 4. The number of nitrogens with zero attached hydrogens (tertiary/aromatic N) is 1. The third-order valence-electron chi connectivity index (χ3n) is 4.63. The van der Waals surface area contributed by atoms with E-state index in [1.165, 1.54) is 25.7 Å². The Kier molecular flexibility index (Phi) is 3.06. The van der Waals surface area contributed by atoms with Gasteiger partial charge in [0.25, 0.3) is 0 Å². The Bertz CT molecular complexity index is 203. The molecule has 1 aliphatic carbocycles. The van der Waals surface area contributed by atoms with Crippen LogP contribution in [0.2, 0.25) is 0 Å². The van der Waals surface area contributed by atoms with Crippen molar-refractivity contribution in [1.82, 2.24) is 4.90 Å². The van der Waals surface area contributed by atoms with E-state index < -0.39 is 0 Å². The van der Waals surface area contributed by atoms with Crippen molar-refractivity contribution in [1.29, 1.82) is 0 Å². The number of hydrogen-bond acceptors (Lipinski definition) is 3. The van der Waals surface area contributed by atoms with Gasteiger partial charge in [-0.05, 0) is 24.7 Å². The molecule has 0 bridgehead atoms. The molecule has 1 saturated heterocycles. The van der Waals surface area contributed by atoms with Crippen LogP contribution in [0.4, 0.5) is 0 Å². The maximum atomic E-state index is 9.44. The van der Waals surface area contributed by atoms with E-state index >= 15 is 0 Å². The first-order valence-corrected chi connectivity index (χ1v) is 6.17. The van der Waals surface area contributed by atoms with Crippen LogP contribution in [0.3, 0.4) is 0 Å². The molecule has 0 unspecified atom stereocenters. The van der Waals surface area contributed by atoms with Crippen molar-refractivity contribution in [3.8, 4) is 0 Å². The van der Waals surface area contributed by atoms with Gasteiger partial charge in [0, 0.05) is 13.1 Å². The first-order chi connectivity index (χ1) is 7.20. The first-order valence-electron chi connectivity index (χ1n) is 6.17. The normalized spacial score (nSPS) is 25.8. The lowest BCUT2D eigenvalue weighted by molar-refractivity contribution is -0.115. The minimum atomic E-state index is -0.353. The minimum Gasteiger partial charge on any atom is -0.394 e. The predicted octanol–water partition coefficient (Wildman–Crippen LogP) is 0.996. The zero-order valence-corrected chi connectivity index (χ0v) is 9.71. The van der Waals surface area contributed by atoms with Gasteiger partial charge in [-0.2, -0.15) is 0 Å². The van der Waals surface area contributed by atoms with Crippen molar-refractivity contribution in [2.24, 2.45) is 5.41 Å². The second kappa shape index (κ2) is 4.04. The van der Waals surface area contributed by atoms with Crippen molar-refractivity contribution in [3.05, 3.63) is 0 Å². The fraction of sp³-hybridized carbons (Fsp3) is 1.00. The summed E-state index contributed by atoms with van der Waals surface area (Å²) in [5.41, 5.74) is 0.193. The van der Waals surface area contributed by atoms with Crippen LogP contribution >= 0.6 is 0 Å². The number of hydrogen-bond donors (Lipinski definition) is 2. The molecule has 1 aliphatic heterocycles. The summed E-state index contributed by atoms with van der Waals surface area (Å²) in [7, 11) is 0. The van der Waals surface area contributed by atoms with Crippen LogP contribution in [0.15, 0.2) is 0 Å². The minimum absolute atomic E-state index is 0.0794. The van der Waals surface area contributed by atoms with E-state index in [9.17, 15) is 10.2 Å². The number of aliphatic hydroxyl groups is 2. The predicted molar refractivity (Wildman–Crippen MR) is 59.7 cm³/mol. The summed E-state index contributed by atoms with van der Waals surface area (Å²) in [6.07, 6.45) is 6.26. The Morgan fingerprint density at radius 1 is 1.13 bits per heavy atom. The summed E-state index contributed by atoms with van der Waals surface area (Å²) in [6, 6.07) is 0. The Balaban J connectivity index is 1.96. The van der Waals surface area contributed by atoms with Gasteiger partial charge in [0.1, 0.15) is 0 Å². The van der Waals surface area contributed by atoms with Gasteiger partial charge in [0.15, 0.2) is 0 Å². The molecular weight excluding hydrogens is 190 g/mol. The number of likely N-dealkylation sites (tertiary alicyclic amines) is 1. The van der Waals surface area contributed by atoms with Crippen LogP contribution in [-0.2, 0) is 0 Å². The van der Waals surface area contributed by atoms with Gasteiger partial charge in [-0.3, -0.25) is 4.90 Å². The summed E-state index contributed by atoms with van der Waals surface area (Å²) in [4.78, 5) is 2.29. The smallest absolute Gasteiger partial charge is 0.0670 e. The van der Waals surface area contributed by atoms with E-state index in [4.69, 9.17) is 0 Å². The van der Waals surface area contributed by atoms with Gasteiger partial charge in [0.2, 0.25) is 0 Å². The largest absolute Gasteiger partial charge is 0.394 e. The average Bonchev–Trinajstić information content (AvgIpc) is 2.69. The maximum Gasteiger partial charge on any atom is 0.0670 e. The molecule has 2 rings (SSSR count). The molecule has 2 N–H and O–H groups in total. The van der Waals surface area contributed by atoms with Crippen molar-refractivity contribution in [2.45, 2.75) is 44.6 Å². The highest BCUT2D eigenvalue weighted by atomic mass is 16.3. The van der Waals surface area contributed by atoms with E-state index in [0.717, 1.165) is 19.5 Å². The highest BCUT2D eigenvalue weighted by molar-refractivity contribution is 5.04. The van der Waals surface area contributed by atoms with Crippen molar-refractivity contribution in [3.63, 3.8) is 0 Å². The van der Waals surface area contributed by atoms with E-state index in [1.807, 2.05) is 6.92 Å². The van der Waals surface area contributed by atoms with Gasteiger partial charge in [-0.15, -0.1) is 0 Å². The molecule has 3 heteroatoms. The SMILES string of the molecule is CCC(CO)(CO)N1CC2(CCCC2)C1. The molecule has 0 amide bonds. The average molecular weight is 213 g/mol. The highest BCUT2D eigenvalue weighted by Crippen LogP contribution is 2.48. The molecule has 0 radical (unpaired) electrons. The van der Waals surface area contributed by atoms with Crippen LogP contribution in [0.5, 0.6) is 0 Å². The third-order valence-corrected chi connectivity index (χ3v) is 4.63.